The normalized spacial score (nSPS) is 16.6. The first-order valence-corrected chi connectivity index (χ1v) is 11.2. The van der Waals surface area contributed by atoms with Crippen molar-refractivity contribution in [3.63, 3.8) is 0 Å². The van der Waals surface area contributed by atoms with Crippen molar-refractivity contribution >= 4 is 17.2 Å². The minimum Gasteiger partial charge on any atom is -0.492 e. The summed E-state index contributed by atoms with van der Waals surface area (Å²) in [7, 11) is 0. The Morgan fingerprint density at radius 3 is 2.70 bits per heavy atom. The second-order valence-corrected chi connectivity index (χ2v) is 8.67. The highest BCUT2D eigenvalue weighted by atomic mass is 32.1. The van der Waals surface area contributed by atoms with Crippen LogP contribution in [-0.4, -0.2) is 75.2 Å². The Morgan fingerprint density at radius 1 is 1.10 bits per heavy atom. The highest BCUT2D eigenvalue weighted by molar-refractivity contribution is 7.15. The zero-order valence-electron chi connectivity index (χ0n) is 16.7. The fourth-order valence-electron chi connectivity index (χ4n) is 4.17. The van der Waals surface area contributed by atoms with Crippen molar-refractivity contribution in [2.45, 2.75) is 19.3 Å². The van der Waals surface area contributed by atoms with Crippen molar-refractivity contribution in [3.05, 3.63) is 52.7 Å². The summed E-state index contributed by atoms with van der Waals surface area (Å²) in [5, 5.41) is 12.4. The zero-order chi connectivity index (χ0) is 20.3. The molecule has 156 valence electrons. The molecule has 3 aromatic rings. The second-order valence-electron chi connectivity index (χ2n) is 7.59. The highest BCUT2D eigenvalue weighted by Gasteiger charge is 2.32. The molecule has 1 aliphatic carbocycles. The molecule has 0 bridgehead atoms. The maximum Gasteiger partial charge on any atom is 0.257 e. The van der Waals surface area contributed by atoms with Crippen LogP contribution in [0.15, 0.2) is 36.7 Å². The lowest BCUT2D eigenvalue weighted by molar-refractivity contribution is 0.0619. The summed E-state index contributed by atoms with van der Waals surface area (Å²) in [6, 6.07) is 9.88. The molecule has 0 spiro atoms. The topological polar surface area (TPSA) is 76.4 Å². The Hall–Kier alpha value is -2.78. The van der Waals surface area contributed by atoms with Gasteiger partial charge in [0.25, 0.3) is 5.91 Å². The Morgan fingerprint density at radius 2 is 1.93 bits per heavy atom. The molecule has 1 amide bonds. The van der Waals surface area contributed by atoms with Crippen molar-refractivity contribution in [1.82, 2.24) is 30.0 Å². The molecule has 1 saturated heterocycles. The third-order valence-electron chi connectivity index (χ3n) is 5.75. The van der Waals surface area contributed by atoms with E-state index in [0.29, 0.717) is 6.61 Å². The number of benzene rings is 1. The van der Waals surface area contributed by atoms with E-state index < -0.39 is 0 Å². The van der Waals surface area contributed by atoms with Crippen LogP contribution in [0.2, 0.25) is 0 Å². The molecule has 0 radical (unpaired) electrons. The first kappa shape index (κ1) is 19.2. The van der Waals surface area contributed by atoms with Crippen molar-refractivity contribution < 1.29 is 9.53 Å². The number of hydrogen-bond donors (Lipinski definition) is 0. The van der Waals surface area contributed by atoms with Crippen LogP contribution in [0.4, 0.5) is 0 Å². The van der Waals surface area contributed by atoms with Gasteiger partial charge in [0.1, 0.15) is 23.7 Å². The number of para-hydroxylation sites is 1. The molecule has 0 atom stereocenters. The van der Waals surface area contributed by atoms with Crippen LogP contribution in [0, 0.1) is 0 Å². The van der Waals surface area contributed by atoms with Crippen molar-refractivity contribution in [1.29, 1.82) is 0 Å². The van der Waals surface area contributed by atoms with Gasteiger partial charge in [-0.3, -0.25) is 9.69 Å². The number of carbonyl (C=O) groups excluding carboxylic acids is 1. The summed E-state index contributed by atoms with van der Waals surface area (Å²) in [5.41, 5.74) is 2.01. The molecule has 8 nitrogen and oxygen atoms in total. The van der Waals surface area contributed by atoms with Crippen LogP contribution in [0.3, 0.4) is 0 Å². The van der Waals surface area contributed by atoms with Gasteiger partial charge in [0.05, 0.1) is 5.56 Å². The average Bonchev–Trinajstić information content (AvgIpc) is 3.52. The summed E-state index contributed by atoms with van der Waals surface area (Å²) in [6.07, 6.45) is 4.69. The summed E-state index contributed by atoms with van der Waals surface area (Å²) in [5.74, 6) is 1.01. The van der Waals surface area contributed by atoms with E-state index in [2.05, 4.69) is 20.4 Å². The van der Waals surface area contributed by atoms with Gasteiger partial charge in [-0.05, 0) is 47.4 Å². The van der Waals surface area contributed by atoms with Gasteiger partial charge in [0.2, 0.25) is 0 Å². The largest absolute Gasteiger partial charge is 0.492 e. The molecule has 2 aliphatic rings. The molecule has 30 heavy (non-hydrogen) atoms. The third kappa shape index (κ3) is 3.82. The molecule has 1 aromatic carbocycles. The highest BCUT2D eigenvalue weighted by Crippen LogP contribution is 2.38. The molecule has 3 heterocycles. The Balaban J connectivity index is 1.21. The number of carbonyl (C=O) groups is 1. The minimum atomic E-state index is 0.111. The maximum absolute atomic E-state index is 13.4. The standard InChI is InChI=1S/C21H24N6O2S/c28-20(19-17-7-4-8-18(17)30-21(19)27-15-22-23-24-27)26-11-9-25(10-12-26)13-14-29-16-5-2-1-3-6-16/h1-3,5-6,15H,4,7-14H2. The van der Waals surface area contributed by atoms with E-state index in [1.165, 1.54) is 10.4 Å². The number of aromatic nitrogens is 4. The number of tetrazole rings is 1. The second kappa shape index (κ2) is 8.53. The lowest BCUT2D eigenvalue weighted by Crippen LogP contribution is -2.49. The van der Waals surface area contributed by atoms with Crippen LogP contribution in [0.25, 0.3) is 5.00 Å². The maximum atomic E-state index is 13.4. The monoisotopic (exact) mass is 424 g/mol. The number of ether oxygens (including phenoxy) is 1. The van der Waals surface area contributed by atoms with Gasteiger partial charge in [-0.2, -0.15) is 4.68 Å². The molecule has 2 aromatic heterocycles. The Bertz CT molecular complexity index is 996. The smallest absolute Gasteiger partial charge is 0.257 e. The zero-order valence-corrected chi connectivity index (χ0v) is 17.6. The van der Waals surface area contributed by atoms with Crippen molar-refractivity contribution in [2.75, 3.05) is 39.3 Å². The fraction of sp³-hybridized carbons (Fsp3) is 0.429. The van der Waals surface area contributed by atoms with Crippen LogP contribution >= 0.6 is 11.3 Å². The van der Waals surface area contributed by atoms with E-state index in [4.69, 9.17) is 4.74 Å². The Labute approximate surface area is 179 Å². The summed E-state index contributed by atoms with van der Waals surface area (Å²) >= 11 is 1.65. The van der Waals surface area contributed by atoms with E-state index >= 15 is 0 Å². The average molecular weight is 425 g/mol. The minimum absolute atomic E-state index is 0.111. The predicted octanol–water partition coefficient (Wildman–Crippen LogP) is 2.05. The molecular formula is C21H24N6O2S. The first-order chi connectivity index (χ1) is 14.8. The third-order valence-corrected chi connectivity index (χ3v) is 7.03. The molecule has 0 N–H and O–H groups in total. The van der Waals surface area contributed by atoms with Crippen molar-refractivity contribution in [2.24, 2.45) is 0 Å². The quantitative estimate of drug-likeness (QED) is 0.603. The van der Waals surface area contributed by atoms with Gasteiger partial charge in [0.15, 0.2) is 0 Å². The van der Waals surface area contributed by atoms with Gasteiger partial charge in [-0.15, -0.1) is 16.4 Å². The SMILES string of the molecule is O=C(c1c(-n2cnnn2)sc2c1CCC2)N1CCN(CCOc2ccccc2)CC1. The van der Waals surface area contributed by atoms with E-state index in [-0.39, 0.29) is 5.91 Å². The number of hydrogen-bond acceptors (Lipinski definition) is 7. The summed E-state index contributed by atoms with van der Waals surface area (Å²) < 4.78 is 7.44. The van der Waals surface area contributed by atoms with Crippen LogP contribution < -0.4 is 4.74 Å². The number of piperazine rings is 1. The van der Waals surface area contributed by atoms with Gasteiger partial charge in [-0.25, -0.2) is 0 Å². The number of nitrogens with zero attached hydrogens (tertiary/aromatic N) is 6. The molecule has 0 unspecified atom stereocenters. The van der Waals surface area contributed by atoms with Crippen molar-refractivity contribution in [3.8, 4) is 10.8 Å². The molecule has 1 fully saturated rings. The molecular weight excluding hydrogens is 400 g/mol. The van der Waals surface area contributed by atoms with Crippen LogP contribution in [-0.2, 0) is 12.8 Å². The first-order valence-electron chi connectivity index (χ1n) is 10.4. The van der Waals surface area contributed by atoms with Gasteiger partial charge < -0.3 is 9.64 Å². The Kier molecular flexibility index (Phi) is 5.46. The van der Waals surface area contributed by atoms with E-state index in [1.807, 2.05) is 35.2 Å². The molecule has 9 heteroatoms. The van der Waals surface area contributed by atoms with E-state index in [9.17, 15) is 4.79 Å². The number of thiophene rings is 1. The summed E-state index contributed by atoms with van der Waals surface area (Å²) in [4.78, 5) is 19.1. The number of aryl methyl sites for hydroxylation is 1. The van der Waals surface area contributed by atoms with E-state index in [0.717, 1.165) is 68.3 Å². The number of rotatable bonds is 6. The summed E-state index contributed by atoms with van der Waals surface area (Å²) in [6.45, 7) is 4.68. The molecule has 5 rings (SSSR count). The van der Waals surface area contributed by atoms with Crippen LogP contribution in [0.5, 0.6) is 5.75 Å². The lowest BCUT2D eigenvalue weighted by atomic mass is 10.1. The predicted molar refractivity (Wildman–Crippen MR) is 113 cm³/mol. The van der Waals surface area contributed by atoms with Gasteiger partial charge in [0, 0.05) is 37.6 Å². The molecule has 0 saturated carbocycles. The van der Waals surface area contributed by atoms with Crippen LogP contribution in [0.1, 0.15) is 27.2 Å². The van der Waals surface area contributed by atoms with E-state index in [1.54, 1.807) is 22.3 Å². The van der Waals surface area contributed by atoms with Gasteiger partial charge >= 0.3 is 0 Å². The lowest BCUT2D eigenvalue weighted by Gasteiger charge is -2.34. The van der Waals surface area contributed by atoms with Gasteiger partial charge in [-0.1, -0.05) is 18.2 Å². The number of fused-ring (bicyclic) bond motifs is 1. The molecule has 1 aliphatic heterocycles. The number of amides is 1. The fourth-order valence-corrected chi connectivity index (χ4v) is 5.46.